The number of hydrogen-bond donors (Lipinski definition) is 1. The van der Waals surface area contributed by atoms with Crippen LogP contribution < -0.4 is 5.32 Å². The van der Waals surface area contributed by atoms with E-state index in [4.69, 9.17) is 0 Å². The lowest BCUT2D eigenvalue weighted by Crippen LogP contribution is -2.45. The predicted molar refractivity (Wildman–Crippen MR) is 65.2 cm³/mol. The maximum atomic E-state index is 12.0. The van der Waals surface area contributed by atoms with Crippen molar-refractivity contribution in [2.45, 2.75) is 51.5 Å². The average molecular weight is 224 g/mol. The van der Waals surface area contributed by atoms with Gasteiger partial charge in [0.25, 0.3) is 0 Å². The van der Waals surface area contributed by atoms with Crippen LogP contribution in [0.1, 0.15) is 45.4 Å². The van der Waals surface area contributed by atoms with Crippen LogP contribution in [-0.2, 0) is 4.79 Å². The SMILES string of the molecule is CC(C1CCNCC1)N1CCCCCC1=O. The van der Waals surface area contributed by atoms with E-state index in [0.717, 1.165) is 32.5 Å². The first-order chi connectivity index (χ1) is 7.79. The predicted octanol–water partition coefficient (Wildman–Crippen LogP) is 1.78. The summed E-state index contributed by atoms with van der Waals surface area (Å²) in [4.78, 5) is 14.2. The smallest absolute Gasteiger partial charge is 0.222 e. The van der Waals surface area contributed by atoms with E-state index >= 15 is 0 Å². The summed E-state index contributed by atoms with van der Waals surface area (Å²) >= 11 is 0. The number of nitrogens with zero attached hydrogens (tertiary/aromatic N) is 1. The van der Waals surface area contributed by atoms with Gasteiger partial charge in [-0.1, -0.05) is 6.42 Å². The van der Waals surface area contributed by atoms with E-state index in [1.165, 1.54) is 25.7 Å². The summed E-state index contributed by atoms with van der Waals surface area (Å²) in [6, 6.07) is 0.452. The van der Waals surface area contributed by atoms with Gasteiger partial charge in [0.05, 0.1) is 0 Å². The summed E-state index contributed by atoms with van der Waals surface area (Å²) in [5, 5.41) is 3.39. The van der Waals surface area contributed by atoms with Gasteiger partial charge in [0.1, 0.15) is 0 Å². The molecule has 1 amide bonds. The van der Waals surface area contributed by atoms with E-state index in [1.807, 2.05) is 0 Å². The third kappa shape index (κ3) is 2.76. The van der Waals surface area contributed by atoms with Gasteiger partial charge in [0, 0.05) is 19.0 Å². The molecule has 16 heavy (non-hydrogen) atoms. The summed E-state index contributed by atoms with van der Waals surface area (Å²) in [6.45, 7) is 5.48. The van der Waals surface area contributed by atoms with E-state index in [2.05, 4.69) is 17.1 Å². The molecule has 2 heterocycles. The molecule has 0 saturated carbocycles. The molecule has 0 aromatic carbocycles. The summed E-state index contributed by atoms with van der Waals surface area (Å²) in [6.07, 6.45) is 6.74. The Bertz CT molecular complexity index is 236. The highest BCUT2D eigenvalue weighted by Crippen LogP contribution is 2.23. The molecule has 0 aliphatic carbocycles. The van der Waals surface area contributed by atoms with Crippen molar-refractivity contribution in [3.63, 3.8) is 0 Å². The lowest BCUT2D eigenvalue weighted by molar-refractivity contribution is -0.133. The fraction of sp³-hybridized carbons (Fsp3) is 0.923. The lowest BCUT2D eigenvalue weighted by Gasteiger charge is -2.36. The van der Waals surface area contributed by atoms with Gasteiger partial charge in [-0.25, -0.2) is 0 Å². The molecule has 0 spiro atoms. The highest BCUT2D eigenvalue weighted by atomic mass is 16.2. The minimum absolute atomic E-state index is 0.392. The molecule has 2 aliphatic heterocycles. The topological polar surface area (TPSA) is 32.3 Å². The zero-order chi connectivity index (χ0) is 11.4. The van der Waals surface area contributed by atoms with Crippen LogP contribution in [0.2, 0.25) is 0 Å². The second kappa shape index (κ2) is 5.67. The lowest BCUT2D eigenvalue weighted by atomic mass is 9.90. The summed E-state index contributed by atoms with van der Waals surface area (Å²) < 4.78 is 0. The number of piperidine rings is 1. The van der Waals surface area contributed by atoms with Gasteiger partial charge in [0.15, 0.2) is 0 Å². The van der Waals surface area contributed by atoms with Crippen molar-refractivity contribution in [2.75, 3.05) is 19.6 Å². The van der Waals surface area contributed by atoms with Crippen LogP contribution in [-0.4, -0.2) is 36.5 Å². The summed E-state index contributed by atoms with van der Waals surface area (Å²) in [5.74, 6) is 1.10. The van der Waals surface area contributed by atoms with E-state index in [0.29, 0.717) is 17.9 Å². The van der Waals surface area contributed by atoms with Crippen LogP contribution in [0.4, 0.5) is 0 Å². The Morgan fingerprint density at radius 2 is 2.00 bits per heavy atom. The first-order valence-electron chi connectivity index (χ1n) is 6.79. The van der Waals surface area contributed by atoms with E-state index in [-0.39, 0.29) is 0 Å². The van der Waals surface area contributed by atoms with Gasteiger partial charge < -0.3 is 10.2 Å². The van der Waals surface area contributed by atoms with Crippen molar-refractivity contribution in [2.24, 2.45) is 5.92 Å². The second-order valence-electron chi connectivity index (χ2n) is 5.23. The first kappa shape index (κ1) is 11.9. The number of nitrogens with one attached hydrogen (secondary N) is 1. The maximum Gasteiger partial charge on any atom is 0.222 e. The van der Waals surface area contributed by atoms with Crippen LogP contribution in [0, 0.1) is 5.92 Å². The number of rotatable bonds is 2. The van der Waals surface area contributed by atoms with Crippen molar-refractivity contribution >= 4 is 5.91 Å². The number of amides is 1. The largest absolute Gasteiger partial charge is 0.340 e. The van der Waals surface area contributed by atoms with Gasteiger partial charge >= 0.3 is 0 Å². The molecule has 1 N–H and O–H groups in total. The fourth-order valence-corrected chi connectivity index (χ4v) is 3.02. The van der Waals surface area contributed by atoms with Crippen LogP contribution in [0.5, 0.6) is 0 Å². The highest BCUT2D eigenvalue weighted by Gasteiger charge is 2.28. The monoisotopic (exact) mass is 224 g/mol. The molecular weight excluding hydrogens is 200 g/mol. The van der Waals surface area contributed by atoms with Gasteiger partial charge in [-0.15, -0.1) is 0 Å². The van der Waals surface area contributed by atoms with Crippen molar-refractivity contribution in [3.05, 3.63) is 0 Å². The molecule has 2 fully saturated rings. The molecule has 3 heteroatoms. The Labute approximate surface area is 98.6 Å². The van der Waals surface area contributed by atoms with E-state index in [1.54, 1.807) is 0 Å². The molecule has 1 unspecified atom stereocenters. The van der Waals surface area contributed by atoms with Gasteiger partial charge in [-0.2, -0.15) is 0 Å². The molecule has 0 aromatic rings. The minimum Gasteiger partial charge on any atom is -0.340 e. The average Bonchev–Trinajstić information content (AvgIpc) is 2.54. The van der Waals surface area contributed by atoms with Gasteiger partial charge in [-0.05, 0) is 51.6 Å². The molecule has 2 saturated heterocycles. The van der Waals surface area contributed by atoms with E-state index < -0.39 is 0 Å². The van der Waals surface area contributed by atoms with E-state index in [9.17, 15) is 4.79 Å². The summed E-state index contributed by atoms with van der Waals surface area (Å²) in [5.41, 5.74) is 0. The minimum atomic E-state index is 0.392. The number of carbonyl (C=O) groups is 1. The van der Waals surface area contributed by atoms with Crippen LogP contribution in [0.3, 0.4) is 0 Å². The molecule has 92 valence electrons. The molecular formula is C13H24N2O. The first-order valence-corrected chi connectivity index (χ1v) is 6.79. The molecule has 3 nitrogen and oxygen atoms in total. The number of likely N-dealkylation sites (tertiary alicyclic amines) is 1. The van der Waals surface area contributed by atoms with Crippen LogP contribution in [0.15, 0.2) is 0 Å². The standard InChI is InChI=1S/C13H24N2O/c1-11(12-6-8-14-9-7-12)15-10-4-2-3-5-13(15)16/h11-12,14H,2-10H2,1H3. The van der Waals surface area contributed by atoms with Crippen molar-refractivity contribution < 1.29 is 4.79 Å². The maximum absolute atomic E-state index is 12.0. The molecule has 0 radical (unpaired) electrons. The zero-order valence-electron chi connectivity index (χ0n) is 10.4. The molecule has 1 atom stereocenters. The second-order valence-corrected chi connectivity index (χ2v) is 5.23. The molecule has 0 bridgehead atoms. The zero-order valence-corrected chi connectivity index (χ0v) is 10.4. The third-order valence-electron chi connectivity index (χ3n) is 4.17. The van der Waals surface area contributed by atoms with Crippen molar-refractivity contribution in [3.8, 4) is 0 Å². The quantitative estimate of drug-likeness (QED) is 0.775. The Balaban J connectivity index is 1.95. The van der Waals surface area contributed by atoms with Gasteiger partial charge in [0.2, 0.25) is 5.91 Å². The molecule has 2 rings (SSSR count). The number of carbonyl (C=O) groups excluding carboxylic acids is 1. The Morgan fingerprint density at radius 3 is 2.75 bits per heavy atom. The Hall–Kier alpha value is -0.570. The molecule has 2 aliphatic rings. The van der Waals surface area contributed by atoms with Crippen LogP contribution in [0.25, 0.3) is 0 Å². The summed E-state index contributed by atoms with van der Waals surface area (Å²) in [7, 11) is 0. The normalized spacial score (nSPS) is 26.6. The third-order valence-corrected chi connectivity index (χ3v) is 4.17. The number of hydrogen-bond acceptors (Lipinski definition) is 2. The Morgan fingerprint density at radius 1 is 1.25 bits per heavy atom. The molecule has 0 aromatic heterocycles. The van der Waals surface area contributed by atoms with Crippen LogP contribution >= 0.6 is 0 Å². The van der Waals surface area contributed by atoms with Gasteiger partial charge in [-0.3, -0.25) is 4.79 Å². The fourth-order valence-electron chi connectivity index (χ4n) is 3.02. The highest BCUT2D eigenvalue weighted by molar-refractivity contribution is 5.76. The Kier molecular flexibility index (Phi) is 4.22. The van der Waals surface area contributed by atoms with Crippen molar-refractivity contribution in [1.82, 2.24) is 10.2 Å². The van der Waals surface area contributed by atoms with Crippen molar-refractivity contribution in [1.29, 1.82) is 0 Å².